The molecule has 0 fully saturated rings. The number of H-pyrrole nitrogens is 1. The molecule has 0 saturated heterocycles. The van der Waals surface area contributed by atoms with Crippen molar-refractivity contribution in [1.29, 1.82) is 0 Å². The highest BCUT2D eigenvalue weighted by molar-refractivity contribution is 7.92. The summed E-state index contributed by atoms with van der Waals surface area (Å²) in [5.74, 6) is -0.463. The average Bonchev–Trinajstić information content (AvgIpc) is 3.84. The molecule has 2 aromatic carbocycles. The Hall–Kier alpha value is -6.04. The first-order chi connectivity index (χ1) is 25.7. The normalized spacial score (nSPS) is 11.0. The number of benzene rings is 2. The number of aryl methyl sites for hydroxylation is 4. The number of carbonyl (C=O) groups is 2. The minimum atomic E-state index is -3.34. The summed E-state index contributed by atoms with van der Waals surface area (Å²) in [6.07, 6.45) is 2.17. The molecule has 292 valence electrons. The average molecular weight is 831 g/mol. The van der Waals surface area contributed by atoms with Crippen molar-refractivity contribution >= 4 is 101 Å². The predicted molar refractivity (Wildman–Crippen MR) is 216 cm³/mol. The maximum atomic E-state index is 12.6. The molecule has 19 nitrogen and oxygen atoms in total. The number of carboxylic acids is 1. The quantitative estimate of drug-likeness (QED) is 0.0910. The summed E-state index contributed by atoms with van der Waals surface area (Å²) in [5.41, 5.74) is 15.2. The number of thiophene rings is 2. The Morgan fingerprint density at radius 3 is 1.51 bits per heavy atom. The molecule has 0 saturated carbocycles. The zero-order valence-electron chi connectivity index (χ0n) is 30.2. The van der Waals surface area contributed by atoms with Gasteiger partial charge in [-0.1, -0.05) is 0 Å². The van der Waals surface area contributed by atoms with Gasteiger partial charge in [-0.2, -0.15) is 14.6 Å². The minimum absolute atomic E-state index is 0.0247. The van der Waals surface area contributed by atoms with Crippen LogP contribution in [0.5, 0.6) is 0 Å². The van der Waals surface area contributed by atoms with E-state index in [2.05, 4.69) is 45.3 Å². The Kier molecular flexibility index (Phi) is 13.2. The zero-order chi connectivity index (χ0) is 40.7. The van der Waals surface area contributed by atoms with Crippen LogP contribution in [0.2, 0.25) is 0 Å². The number of hydrogen-bond donors (Lipinski definition) is 8. The molecule has 4 aromatic heterocycles. The first-order valence-electron chi connectivity index (χ1n) is 15.7. The highest BCUT2D eigenvalue weighted by atomic mass is 32.2. The van der Waals surface area contributed by atoms with Gasteiger partial charge in [0.15, 0.2) is 0 Å². The van der Waals surface area contributed by atoms with Crippen molar-refractivity contribution in [2.75, 3.05) is 44.1 Å². The number of aromatic amines is 1. The number of rotatable bonds is 10. The summed E-state index contributed by atoms with van der Waals surface area (Å²) in [6.45, 7) is 7.50. The van der Waals surface area contributed by atoms with Gasteiger partial charge >= 0.3 is 5.97 Å². The number of nitrogen functional groups attached to an aromatic ring is 2. The fraction of sp³-hybridized carbons (Fsp3) is 0.188. The third kappa shape index (κ3) is 12.8. The third-order valence-electron chi connectivity index (χ3n) is 6.69. The lowest BCUT2D eigenvalue weighted by molar-refractivity contribution is 0.0701. The summed E-state index contributed by atoms with van der Waals surface area (Å²) in [5, 5.41) is 24.9. The Labute approximate surface area is 324 Å². The molecule has 0 amide bonds. The van der Waals surface area contributed by atoms with Gasteiger partial charge in [0, 0.05) is 32.5 Å². The van der Waals surface area contributed by atoms with Gasteiger partial charge in [0.1, 0.15) is 4.88 Å². The molecular weight excluding hydrogens is 793 g/mol. The van der Waals surface area contributed by atoms with Crippen LogP contribution in [0.25, 0.3) is 0 Å². The molecule has 0 unspecified atom stereocenters. The highest BCUT2D eigenvalue weighted by Crippen LogP contribution is 2.24. The van der Waals surface area contributed by atoms with E-state index in [0.717, 1.165) is 38.1 Å². The molecule has 0 atom stereocenters. The maximum Gasteiger partial charge on any atom is 0.346 e. The van der Waals surface area contributed by atoms with Crippen LogP contribution in [-0.4, -0.2) is 76.3 Å². The molecule has 6 rings (SSSR count). The molecule has 0 aliphatic heterocycles. The van der Waals surface area contributed by atoms with Crippen LogP contribution >= 0.6 is 22.7 Å². The number of carbonyl (C=O) groups excluding carboxylic acids is 1. The lowest BCUT2D eigenvalue weighted by Gasteiger charge is -2.05. The van der Waals surface area contributed by atoms with E-state index in [1.165, 1.54) is 22.7 Å². The highest BCUT2D eigenvalue weighted by Gasteiger charge is 2.20. The van der Waals surface area contributed by atoms with E-state index < -0.39 is 26.0 Å². The largest absolute Gasteiger partial charge is 0.477 e. The number of nitrogens with two attached hydrogens (primary N) is 2. The molecule has 55 heavy (non-hydrogen) atoms. The van der Waals surface area contributed by atoms with E-state index in [1.807, 2.05) is 39.8 Å². The van der Waals surface area contributed by atoms with Gasteiger partial charge in [0.2, 0.25) is 43.8 Å². The predicted octanol–water partition coefficient (Wildman–Crippen LogP) is 4.91. The summed E-state index contributed by atoms with van der Waals surface area (Å²) in [7, 11) is -6.60. The molecule has 0 aliphatic rings. The number of nitrogens with one attached hydrogen (secondary N) is 5. The lowest BCUT2D eigenvalue weighted by atomic mass is 10.2. The van der Waals surface area contributed by atoms with Gasteiger partial charge < -0.3 is 27.2 Å². The van der Waals surface area contributed by atoms with E-state index in [0.29, 0.717) is 38.5 Å². The topological polar surface area (TPSA) is 295 Å². The molecule has 0 spiro atoms. The summed E-state index contributed by atoms with van der Waals surface area (Å²) in [4.78, 5) is 34.1. The number of carboxylic acid groups (broad SMARTS) is 1. The fourth-order valence-corrected chi connectivity index (χ4v) is 7.53. The van der Waals surface area contributed by atoms with Crippen molar-refractivity contribution < 1.29 is 31.5 Å². The Morgan fingerprint density at radius 2 is 1.15 bits per heavy atom. The van der Waals surface area contributed by atoms with E-state index >= 15 is 0 Å². The standard InChI is InChI=1S/C16H18N6O3S2.C9H12N6O2S.C7H8O2S/c1-9-8-10(2)26-13(9)14(23)22-15(17)19-16(20-22)18-11-4-6-12(7-5-11)21-27(3,24)25;1-18(16,17)15-7-4-2-6(3-5-7)11-9-12-8(10)13-14-9;1-4-3-5(2)10-6(4)7(8)9/h4-8,21H,1-3H3,(H3,17,18,19,20);2-5,15H,1H3,(H4,10,11,12,13,14);3H,1-2H3,(H,8,9). The van der Waals surface area contributed by atoms with E-state index in [4.69, 9.17) is 16.6 Å². The summed E-state index contributed by atoms with van der Waals surface area (Å²) >= 11 is 2.70. The molecule has 0 radical (unpaired) electrons. The smallest absolute Gasteiger partial charge is 0.346 e. The van der Waals surface area contributed by atoms with Crippen LogP contribution in [0.1, 0.15) is 40.2 Å². The Balaban J connectivity index is 0.000000205. The van der Waals surface area contributed by atoms with Gasteiger partial charge in [-0.25, -0.2) is 26.7 Å². The van der Waals surface area contributed by atoms with E-state index in [9.17, 15) is 26.4 Å². The summed E-state index contributed by atoms with van der Waals surface area (Å²) in [6, 6.07) is 16.9. The number of aromatic nitrogens is 6. The number of hydrogen-bond acceptors (Lipinski definition) is 16. The lowest BCUT2D eigenvalue weighted by Crippen LogP contribution is -2.16. The zero-order valence-corrected chi connectivity index (χ0v) is 33.5. The molecular formula is C32H38N12O7S4. The van der Waals surface area contributed by atoms with Gasteiger partial charge in [0.05, 0.1) is 17.4 Å². The Morgan fingerprint density at radius 1 is 0.709 bits per heavy atom. The van der Waals surface area contributed by atoms with Gasteiger partial charge in [0.25, 0.3) is 5.91 Å². The van der Waals surface area contributed by atoms with E-state index in [1.54, 1.807) is 48.5 Å². The first-order valence-corrected chi connectivity index (χ1v) is 21.1. The molecule has 0 bridgehead atoms. The van der Waals surface area contributed by atoms with Crippen molar-refractivity contribution in [3.05, 3.63) is 91.3 Å². The second kappa shape index (κ2) is 17.4. The van der Waals surface area contributed by atoms with Crippen molar-refractivity contribution in [3.8, 4) is 0 Å². The number of aromatic carboxylic acids is 1. The van der Waals surface area contributed by atoms with Crippen LogP contribution < -0.4 is 31.5 Å². The van der Waals surface area contributed by atoms with Crippen LogP contribution in [0, 0.1) is 27.7 Å². The van der Waals surface area contributed by atoms with Gasteiger partial charge in [-0.3, -0.25) is 14.2 Å². The second-order valence-corrected chi connectivity index (χ2v) is 17.8. The SMILES string of the molecule is CS(=O)(=O)Nc1ccc(Nc2n[nH]c(N)n2)cc1.Cc1cc(C)c(C(=O)O)s1.Cc1cc(C)c(C(=O)n2nc(Nc3ccc(NS(C)(=O)=O)cc3)nc2N)s1. The summed E-state index contributed by atoms with van der Waals surface area (Å²) < 4.78 is 50.3. The monoisotopic (exact) mass is 830 g/mol. The van der Waals surface area contributed by atoms with Crippen molar-refractivity contribution in [3.63, 3.8) is 0 Å². The Bertz CT molecular complexity index is 2510. The molecule has 6 aromatic rings. The van der Waals surface area contributed by atoms with Crippen LogP contribution in [0.3, 0.4) is 0 Å². The van der Waals surface area contributed by atoms with Crippen LogP contribution in [0.15, 0.2) is 60.7 Å². The minimum Gasteiger partial charge on any atom is -0.477 e. The second-order valence-electron chi connectivity index (χ2n) is 11.8. The van der Waals surface area contributed by atoms with Gasteiger partial charge in [-0.15, -0.1) is 32.9 Å². The van der Waals surface area contributed by atoms with Gasteiger partial charge in [-0.05, 0) is 99.5 Å². The number of nitrogens with zero attached hydrogens (tertiary/aromatic N) is 5. The number of anilines is 8. The van der Waals surface area contributed by atoms with E-state index in [-0.39, 0.29) is 23.8 Å². The van der Waals surface area contributed by atoms with Crippen molar-refractivity contribution in [1.82, 2.24) is 29.9 Å². The molecule has 0 aliphatic carbocycles. The molecule has 10 N–H and O–H groups in total. The molecule has 4 heterocycles. The maximum absolute atomic E-state index is 12.6. The first kappa shape index (κ1) is 41.7. The van der Waals surface area contributed by atoms with Crippen LogP contribution in [0.4, 0.5) is 46.5 Å². The van der Waals surface area contributed by atoms with Crippen molar-refractivity contribution in [2.24, 2.45) is 0 Å². The number of sulfonamides is 2. The fourth-order valence-electron chi connectivity index (χ4n) is 4.59. The molecule has 23 heteroatoms. The third-order valence-corrected chi connectivity index (χ3v) is 10.2. The van der Waals surface area contributed by atoms with Crippen molar-refractivity contribution in [2.45, 2.75) is 27.7 Å². The van der Waals surface area contributed by atoms with Crippen LogP contribution in [-0.2, 0) is 20.0 Å².